The average Bonchev–Trinajstić information content (AvgIpc) is 3.17. The third-order valence-electron chi connectivity index (χ3n) is 5.23. The lowest BCUT2D eigenvalue weighted by Gasteiger charge is -2.32. The van der Waals surface area contributed by atoms with E-state index < -0.39 is 22.6 Å². The molecule has 2 aromatic carbocycles. The van der Waals surface area contributed by atoms with Crippen LogP contribution in [-0.2, 0) is 25.7 Å². The molecule has 10 heteroatoms. The van der Waals surface area contributed by atoms with Crippen LogP contribution < -0.4 is 4.74 Å². The summed E-state index contributed by atoms with van der Waals surface area (Å²) in [5.41, 5.74) is 0.939. The number of carbonyl (C=O) groups excluding carboxylic acids is 2. The molecule has 1 heterocycles. The zero-order valence-corrected chi connectivity index (χ0v) is 19.8. The summed E-state index contributed by atoms with van der Waals surface area (Å²) in [5, 5.41) is 10.8. The Balaban J connectivity index is 1.59. The van der Waals surface area contributed by atoms with Gasteiger partial charge in [-0.15, -0.1) is 0 Å². The molecule has 1 saturated heterocycles. The van der Waals surface area contributed by atoms with Gasteiger partial charge in [0.15, 0.2) is 0 Å². The lowest BCUT2D eigenvalue weighted by atomic mass is 10.1. The Labute approximate surface area is 199 Å². The number of hydrogen-bond donors (Lipinski definition) is 0. The van der Waals surface area contributed by atoms with E-state index in [2.05, 4.69) is 31.9 Å². The number of benzene rings is 2. The maximum absolute atomic E-state index is 12.6. The van der Waals surface area contributed by atoms with Crippen molar-refractivity contribution in [2.45, 2.75) is 38.1 Å². The van der Waals surface area contributed by atoms with Crippen molar-refractivity contribution in [2.75, 3.05) is 0 Å². The van der Waals surface area contributed by atoms with Gasteiger partial charge < -0.3 is 14.2 Å². The fourth-order valence-corrected chi connectivity index (χ4v) is 5.03. The van der Waals surface area contributed by atoms with Crippen LogP contribution in [0.5, 0.6) is 5.75 Å². The maximum atomic E-state index is 12.6. The lowest BCUT2D eigenvalue weighted by Crippen LogP contribution is -2.44. The Morgan fingerprint density at radius 1 is 1.06 bits per heavy atom. The van der Waals surface area contributed by atoms with E-state index >= 15 is 0 Å². The highest BCUT2D eigenvalue weighted by molar-refractivity contribution is 9.11. The predicted octanol–water partition coefficient (Wildman–Crippen LogP) is 5.45. The smallest absolute Gasteiger partial charge is 0.348 e. The molecular weight excluding hydrogens is 550 g/mol. The van der Waals surface area contributed by atoms with Crippen molar-refractivity contribution < 1.29 is 28.7 Å². The molecule has 4 rings (SSSR count). The summed E-state index contributed by atoms with van der Waals surface area (Å²) in [4.78, 5) is 35.6. The first-order chi connectivity index (χ1) is 15.3. The molecule has 166 valence electrons. The van der Waals surface area contributed by atoms with E-state index in [-0.39, 0.29) is 17.9 Å². The van der Waals surface area contributed by atoms with Crippen LogP contribution in [0.1, 0.15) is 36.8 Å². The van der Waals surface area contributed by atoms with Gasteiger partial charge in [-0.3, -0.25) is 10.1 Å². The largest absolute Gasteiger partial charge is 0.487 e. The van der Waals surface area contributed by atoms with E-state index in [0.29, 0.717) is 38.7 Å². The molecule has 0 aromatic heterocycles. The number of ether oxygens (including phenoxy) is 3. The summed E-state index contributed by atoms with van der Waals surface area (Å²) < 4.78 is 18.2. The highest BCUT2D eigenvalue weighted by Gasteiger charge is 2.48. The van der Waals surface area contributed by atoms with Crippen molar-refractivity contribution in [3.63, 3.8) is 0 Å². The van der Waals surface area contributed by atoms with Crippen LogP contribution in [0.3, 0.4) is 0 Å². The molecule has 1 aliphatic carbocycles. The van der Waals surface area contributed by atoms with Crippen molar-refractivity contribution >= 4 is 55.6 Å². The van der Waals surface area contributed by atoms with Crippen LogP contribution in [0.4, 0.5) is 5.69 Å². The second-order valence-corrected chi connectivity index (χ2v) is 9.24. The molecule has 0 amide bonds. The second kappa shape index (κ2) is 9.03. The lowest BCUT2D eigenvalue weighted by molar-refractivity contribution is -0.384. The Bertz CT molecular complexity index is 1100. The molecular formula is C22H17Br2NO7. The van der Waals surface area contributed by atoms with Gasteiger partial charge in [0.1, 0.15) is 17.9 Å². The second-order valence-electron chi connectivity index (χ2n) is 7.47. The third-order valence-corrected chi connectivity index (χ3v) is 6.28. The molecule has 32 heavy (non-hydrogen) atoms. The molecule has 8 nitrogen and oxygen atoms in total. The normalized spacial score (nSPS) is 17.1. The molecule has 0 N–H and O–H groups in total. The van der Waals surface area contributed by atoms with E-state index in [1.54, 1.807) is 24.3 Å². The number of nitrogens with zero attached hydrogens (tertiary/aromatic N) is 1. The van der Waals surface area contributed by atoms with Gasteiger partial charge in [0.2, 0.25) is 0 Å². The molecule has 0 atom stereocenters. The van der Waals surface area contributed by atoms with Crippen LogP contribution in [0.25, 0.3) is 6.08 Å². The first kappa shape index (κ1) is 22.5. The summed E-state index contributed by atoms with van der Waals surface area (Å²) in [6.07, 6.45) is 4.05. The Kier molecular flexibility index (Phi) is 6.34. The number of non-ortho nitro benzene ring substituents is 1. The molecule has 0 unspecified atom stereocenters. The molecule has 0 radical (unpaired) electrons. The molecule has 1 spiro atoms. The predicted molar refractivity (Wildman–Crippen MR) is 121 cm³/mol. The number of esters is 2. The fraction of sp³-hybridized carbons (Fsp3) is 0.273. The summed E-state index contributed by atoms with van der Waals surface area (Å²) in [6, 6.07) is 9.44. The SMILES string of the molecule is O=C1OC2(CCCC2)OC(=O)C1=Cc1cc(Br)cc(Br)c1OCc1ccc([N+](=O)[O-])cc1. The minimum atomic E-state index is -1.14. The van der Waals surface area contributed by atoms with Gasteiger partial charge >= 0.3 is 11.9 Å². The van der Waals surface area contributed by atoms with Crippen LogP contribution in [-0.4, -0.2) is 22.6 Å². The molecule has 1 saturated carbocycles. The molecule has 2 aliphatic rings. The zero-order valence-electron chi connectivity index (χ0n) is 16.6. The van der Waals surface area contributed by atoms with Gasteiger partial charge in [-0.2, -0.15) is 0 Å². The van der Waals surface area contributed by atoms with Gasteiger partial charge in [-0.25, -0.2) is 9.59 Å². The molecule has 2 fully saturated rings. The summed E-state index contributed by atoms with van der Waals surface area (Å²) in [6.45, 7) is 0.117. The van der Waals surface area contributed by atoms with Crippen molar-refractivity contribution in [3.05, 3.63) is 72.2 Å². The minimum absolute atomic E-state index is 0.0154. The number of hydrogen-bond acceptors (Lipinski definition) is 7. The van der Waals surface area contributed by atoms with Crippen molar-refractivity contribution in [3.8, 4) is 5.75 Å². The molecule has 1 aliphatic heterocycles. The summed E-state index contributed by atoms with van der Waals surface area (Å²) in [5.74, 6) is -2.19. The molecule has 2 aromatic rings. The number of rotatable bonds is 5. The monoisotopic (exact) mass is 565 g/mol. The summed E-state index contributed by atoms with van der Waals surface area (Å²) in [7, 11) is 0. The number of nitro benzene ring substituents is 1. The van der Waals surface area contributed by atoms with E-state index in [1.165, 1.54) is 18.2 Å². The number of nitro groups is 1. The fourth-order valence-electron chi connectivity index (χ4n) is 3.65. The van der Waals surface area contributed by atoms with E-state index in [9.17, 15) is 19.7 Å². The summed E-state index contributed by atoms with van der Waals surface area (Å²) >= 11 is 6.84. The Morgan fingerprint density at radius 3 is 2.28 bits per heavy atom. The highest BCUT2D eigenvalue weighted by atomic mass is 79.9. The number of carbonyl (C=O) groups is 2. The van der Waals surface area contributed by atoms with Gasteiger partial charge in [-0.1, -0.05) is 15.9 Å². The van der Waals surface area contributed by atoms with Gasteiger partial charge in [0.25, 0.3) is 11.5 Å². The van der Waals surface area contributed by atoms with Crippen LogP contribution in [0.15, 0.2) is 50.9 Å². The van der Waals surface area contributed by atoms with Gasteiger partial charge in [-0.05, 0) is 64.7 Å². The van der Waals surface area contributed by atoms with Crippen LogP contribution in [0.2, 0.25) is 0 Å². The van der Waals surface area contributed by atoms with E-state index in [1.807, 2.05) is 0 Å². The third kappa shape index (κ3) is 4.71. The van der Waals surface area contributed by atoms with E-state index in [0.717, 1.165) is 12.8 Å². The van der Waals surface area contributed by atoms with Crippen molar-refractivity contribution in [1.29, 1.82) is 0 Å². The van der Waals surface area contributed by atoms with Gasteiger partial charge in [0.05, 0.1) is 9.40 Å². The maximum Gasteiger partial charge on any atom is 0.348 e. The Morgan fingerprint density at radius 2 is 1.69 bits per heavy atom. The molecule has 0 bridgehead atoms. The minimum Gasteiger partial charge on any atom is -0.487 e. The standard InChI is InChI=1S/C22H17Br2NO7/c23-15-9-14(10-17-20(26)31-22(32-21(17)27)7-1-2-8-22)19(18(24)11-15)30-12-13-3-5-16(6-4-13)25(28)29/h3-6,9-11H,1-2,7-8,12H2. The van der Waals surface area contributed by atoms with Crippen molar-refractivity contribution in [2.24, 2.45) is 0 Å². The topological polar surface area (TPSA) is 105 Å². The first-order valence-electron chi connectivity index (χ1n) is 9.80. The van der Waals surface area contributed by atoms with Crippen molar-refractivity contribution in [1.82, 2.24) is 0 Å². The van der Waals surface area contributed by atoms with E-state index in [4.69, 9.17) is 14.2 Å². The van der Waals surface area contributed by atoms with Crippen LogP contribution in [0, 0.1) is 10.1 Å². The highest BCUT2D eigenvalue weighted by Crippen LogP contribution is 2.40. The number of halogens is 2. The average molecular weight is 567 g/mol. The zero-order chi connectivity index (χ0) is 22.9. The Hall–Kier alpha value is -2.72. The van der Waals surface area contributed by atoms with Crippen LogP contribution >= 0.6 is 31.9 Å². The van der Waals surface area contributed by atoms with Gasteiger partial charge in [0, 0.05) is 35.0 Å². The quantitative estimate of drug-likeness (QED) is 0.156. The first-order valence-corrected chi connectivity index (χ1v) is 11.4.